The van der Waals surface area contributed by atoms with Crippen LogP contribution in [0.4, 0.5) is 0 Å². The first-order chi connectivity index (χ1) is 12.9. The zero-order valence-corrected chi connectivity index (χ0v) is 15.4. The van der Waals surface area contributed by atoms with Gasteiger partial charge in [0, 0.05) is 34.9 Å². The largest absolute Gasteiger partial charge is 0.492 e. The van der Waals surface area contributed by atoms with Gasteiger partial charge in [-0.2, -0.15) is 0 Å². The highest BCUT2D eigenvalue weighted by Crippen LogP contribution is 2.41. The topological polar surface area (TPSA) is 115 Å². The molecule has 0 radical (unpaired) electrons. The molecule has 0 saturated carbocycles. The lowest BCUT2D eigenvalue weighted by Crippen LogP contribution is -2.36. The first-order valence-electron chi connectivity index (χ1n) is 8.49. The van der Waals surface area contributed by atoms with E-state index in [2.05, 4.69) is 22.1 Å². The molecule has 3 heterocycles. The Bertz CT molecular complexity index is 1020. The highest BCUT2D eigenvalue weighted by Gasteiger charge is 2.38. The summed E-state index contributed by atoms with van der Waals surface area (Å²) in [7, 11) is 0. The number of aliphatic hydroxyl groups is 1. The Hall–Kier alpha value is -2.89. The molecule has 1 saturated heterocycles. The average molecular weight is 383 g/mol. The molecule has 4 N–H and O–H groups in total. The van der Waals surface area contributed by atoms with Crippen LogP contribution in [0.25, 0.3) is 11.3 Å². The summed E-state index contributed by atoms with van der Waals surface area (Å²) in [5.74, 6) is 5.20. The lowest BCUT2D eigenvalue weighted by atomic mass is 10.0. The first kappa shape index (κ1) is 17.5. The van der Waals surface area contributed by atoms with E-state index in [4.69, 9.17) is 10.5 Å². The Morgan fingerprint density at radius 3 is 3.04 bits per heavy atom. The summed E-state index contributed by atoms with van der Waals surface area (Å²) < 4.78 is 5.86. The quantitative estimate of drug-likeness (QED) is 0.636. The standard InChI is InChI=1S/C19H17N3O4S/c1-10-9-26-13-3-2-11(4-5-19(25)6-7-21-18(19)24)8-12(13)14-15(10)27-17(22-14)16(20)23/h2-3,8,10,25H,6-7,9H2,1H3,(H2,20,23)(H,21,24)/t10?,19-/m0/s1. The summed E-state index contributed by atoms with van der Waals surface area (Å²) in [5, 5.41) is 13.1. The van der Waals surface area contributed by atoms with E-state index >= 15 is 0 Å². The number of carbonyl (C=O) groups excluding carboxylic acids is 2. The van der Waals surface area contributed by atoms with Crippen molar-refractivity contribution in [1.82, 2.24) is 10.3 Å². The number of amides is 2. The number of fused-ring (bicyclic) bond motifs is 3. The van der Waals surface area contributed by atoms with E-state index in [9.17, 15) is 14.7 Å². The number of nitrogens with two attached hydrogens (primary N) is 1. The van der Waals surface area contributed by atoms with Crippen molar-refractivity contribution in [2.24, 2.45) is 5.73 Å². The van der Waals surface area contributed by atoms with Crippen molar-refractivity contribution in [3.8, 4) is 28.8 Å². The fourth-order valence-electron chi connectivity index (χ4n) is 3.08. The number of hydrogen-bond acceptors (Lipinski definition) is 6. The minimum atomic E-state index is -1.66. The van der Waals surface area contributed by atoms with E-state index in [0.717, 1.165) is 4.88 Å². The molecule has 2 aliphatic rings. The SMILES string of the molecule is CC1COc2ccc(C#C[C@]3(O)CCNC3=O)cc2-c2nc(C(N)=O)sc21. The van der Waals surface area contributed by atoms with Gasteiger partial charge in [0.15, 0.2) is 5.01 Å². The third-order valence-corrected chi connectivity index (χ3v) is 5.90. The maximum atomic E-state index is 11.7. The predicted molar refractivity (Wildman–Crippen MR) is 99.4 cm³/mol. The molecule has 0 aliphatic carbocycles. The minimum Gasteiger partial charge on any atom is -0.492 e. The molecule has 8 heteroatoms. The molecule has 0 spiro atoms. The van der Waals surface area contributed by atoms with Crippen LogP contribution in [0.5, 0.6) is 5.75 Å². The highest BCUT2D eigenvalue weighted by molar-refractivity contribution is 7.14. The van der Waals surface area contributed by atoms with Crippen LogP contribution in [0.2, 0.25) is 0 Å². The molecule has 1 aromatic carbocycles. The van der Waals surface area contributed by atoms with Crippen LogP contribution >= 0.6 is 11.3 Å². The number of ether oxygens (including phenoxy) is 1. The lowest BCUT2D eigenvalue weighted by Gasteiger charge is -2.10. The number of rotatable bonds is 1. The van der Waals surface area contributed by atoms with Gasteiger partial charge >= 0.3 is 0 Å². The molecule has 27 heavy (non-hydrogen) atoms. The van der Waals surface area contributed by atoms with Crippen molar-refractivity contribution in [2.75, 3.05) is 13.2 Å². The molecule has 2 amide bonds. The van der Waals surface area contributed by atoms with Crippen molar-refractivity contribution in [1.29, 1.82) is 0 Å². The van der Waals surface area contributed by atoms with Crippen LogP contribution in [0.15, 0.2) is 18.2 Å². The third kappa shape index (κ3) is 3.05. The van der Waals surface area contributed by atoms with E-state index in [1.807, 2.05) is 6.92 Å². The van der Waals surface area contributed by atoms with Gasteiger partial charge in [0.1, 0.15) is 5.75 Å². The van der Waals surface area contributed by atoms with Gasteiger partial charge in [0.05, 0.1) is 12.3 Å². The predicted octanol–water partition coefficient (Wildman–Crippen LogP) is 1.01. The Kier molecular flexibility index (Phi) is 4.13. The number of aromatic nitrogens is 1. The fourth-order valence-corrected chi connectivity index (χ4v) is 4.05. The van der Waals surface area contributed by atoms with E-state index in [0.29, 0.717) is 35.7 Å². The maximum Gasteiger partial charge on any atom is 0.277 e. The highest BCUT2D eigenvalue weighted by atomic mass is 32.1. The van der Waals surface area contributed by atoms with Crippen LogP contribution in [0.1, 0.15) is 39.5 Å². The van der Waals surface area contributed by atoms with Crippen molar-refractivity contribution in [3.63, 3.8) is 0 Å². The molecule has 1 fully saturated rings. The Morgan fingerprint density at radius 1 is 1.52 bits per heavy atom. The zero-order valence-electron chi connectivity index (χ0n) is 14.5. The van der Waals surface area contributed by atoms with E-state index in [1.165, 1.54) is 11.3 Å². The van der Waals surface area contributed by atoms with Crippen molar-refractivity contribution in [2.45, 2.75) is 24.9 Å². The molecule has 1 aromatic heterocycles. The van der Waals surface area contributed by atoms with Crippen LogP contribution in [0.3, 0.4) is 0 Å². The number of primary amides is 1. The Labute approximate surface area is 159 Å². The van der Waals surface area contributed by atoms with Gasteiger partial charge in [-0.15, -0.1) is 11.3 Å². The lowest BCUT2D eigenvalue weighted by molar-refractivity contribution is -0.130. The van der Waals surface area contributed by atoms with E-state index < -0.39 is 17.4 Å². The molecule has 2 atom stereocenters. The second-order valence-corrected chi connectivity index (χ2v) is 7.67. The van der Waals surface area contributed by atoms with Gasteiger partial charge in [-0.3, -0.25) is 9.59 Å². The zero-order chi connectivity index (χ0) is 19.2. The van der Waals surface area contributed by atoms with Crippen LogP contribution in [-0.2, 0) is 4.79 Å². The molecule has 2 aliphatic heterocycles. The summed E-state index contributed by atoms with van der Waals surface area (Å²) >= 11 is 1.27. The van der Waals surface area contributed by atoms with E-state index in [1.54, 1.807) is 18.2 Å². The van der Waals surface area contributed by atoms with Gasteiger partial charge in [-0.25, -0.2) is 4.98 Å². The fraction of sp³-hybridized carbons (Fsp3) is 0.316. The third-order valence-electron chi connectivity index (χ3n) is 4.60. The normalized spacial score (nSPS) is 23.2. The number of thiazole rings is 1. The number of carbonyl (C=O) groups is 2. The molecule has 2 aromatic rings. The molecular formula is C19H17N3O4S. The Balaban J connectivity index is 1.78. The number of benzene rings is 1. The monoisotopic (exact) mass is 383 g/mol. The molecule has 138 valence electrons. The van der Waals surface area contributed by atoms with Gasteiger partial charge in [0.2, 0.25) is 5.60 Å². The number of nitrogens with zero attached hydrogens (tertiary/aromatic N) is 1. The summed E-state index contributed by atoms with van der Waals surface area (Å²) in [5.41, 5.74) is 5.72. The van der Waals surface area contributed by atoms with Crippen LogP contribution in [-0.4, -0.2) is 40.7 Å². The Morgan fingerprint density at radius 2 is 2.33 bits per heavy atom. The molecule has 7 nitrogen and oxygen atoms in total. The number of nitrogens with one attached hydrogen (secondary N) is 1. The minimum absolute atomic E-state index is 0.0652. The molecule has 4 rings (SSSR count). The van der Waals surface area contributed by atoms with E-state index in [-0.39, 0.29) is 17.3 Å². The van der Waals surface area contributed by atoms with Gasteiger partial charge in [-0.1, -0.05) is 18.8 Å². The van der Waals surface area contributed by atoms with Gasteiger partial charge in [-0.05, 0) is 18.2 Å². The van der Waals surface area contributed by atoms with Gasteiger partial charge < -0.3 is 20.9 Å². The second-order valence-electron chi connectivity index (χ2n) is 6.64. The smallest absolute Gasteiger partial charge is 0.277 e. The summed E-state index contributed by atoms with van der Waals surface area (Å²) in [6, 6.07) is 5.34. The molecule has 1 unspecified atom stereocenters. The van der Waals surface area contributed by atoms with Crippen molar-refractivity contribution >= 4 is 23.2 Å². The van der Waals surface area contributed by atoms with Crippen LogP contribution in [0, 0.1) is 11.8 Å². The van der Waals surface area contributed by atoms with Crippen LogP contribution < -0.4 is 15.8 Å². The maximum absolute atomic E-state index is 11.7. The summed E-state index contributed by atoms with van der Waals surface area (Å²) in [4.78, 5) is 28.6. The average Bonchev–Trinajstić information content (AvgIpc) is 3.20. The summed E-state index contributed by atoms with van der Waals surface area (Å²) in [6.07, 6.45) is 0.253. The first-order valence-corrected chi connectivity index (χ1v) is 9.30. The molecule has 0 bridgehead atoms. The van der Waals surface area contributed by atoms with Gasteiger partial charge in [0.25, 0.3) is 11.8 Å². The number of hydrogen-bond donors (Lipinski definition) is 3. The van der Waals surface area contributed by atoms with Crippen molar-refractivity contribution in [3.05, 3.63) is 33.6 Å². The van der Waals surface area contributed by atoms with Crippen molar-refractivity contribution < 1.29 is 19.4 Å². The molecular weight excluding hydrogens is 366 g/mol. The summed E-state index contributed by atoms with van der Waals surface area (Å²) in [6.45, 7) is 2.87. The second kappa shape index (κ2) is 6.37.